The van der Waals surface area contributed by atoms with Gasteiger partial charge in [0.2, 0.25) is 0 Å². The highest BCUT2D eigenvalue weighted by molar-refractivity contribution is 5.94. The van der Waals surface area contributed by atoms with Crippen LogP contribution in [-0.2, 0) is 12.8 Å². The quantitative estimate of drug-likeness (QED) is 0.536. The van der Waals surface area contributed by atoms with Crippen molar-refractivity contribution in [1.82, 2.24) is 14.7 Å². The predicted octanol–water partition coefficient (Wildman–Crippen LogP) is 4.60. The maximum absolute atomic E-state index is 13.9. The lowest BCUT2D eigenvalue weighted by molar-refractivity contribution is 0.0581. The van der Waals surface area contributed by atoms with Gasteiger partial charge in [0.05, 0.1) is 5.69 Å². The van der Waals surface area contributed by atoms with Crippen LogP contribution in [0.25, 0.3) is 5.69 Å². The summed E-state index contributed by atoms with van der Waals surface area (Å²) in [5.74, 6) is -3.57. The van der Waals surface area contributed by atoms with Crippen LogP contribution >= 0.6 is 0 Å². The Morgan fingerprint density at radius 2 is 1.73 bits per heavy atom. The van der Waals surface area contributed by atoms with Crippen LogP contribution in [0.1, 0.15) is 41.0 Å². The van der Waals surface area contributed by atoms with Crippen LogP contribution in [0.2, 0.25) is 0 Å². The van der Waals surface area contributed by atoms with Crippen molar-refractivity contribution in [3.63, 3.8) is 0 Å². The first-order valence-electron chi connectivity index (χ1n) is 10.9. The molecule has 1 amide bonds. The normalized spacial score (nSPS) is 16.2. The number of halogens is 4. The van der Waals surface area contributed by atoms with E-state index in [0.29, 0.717) is 50.2 Å². The van der Waals surface area contributed by atoms with Crippen molar-refractivity contribution in [2.75, 3.05) is 13.1 Å². The van der Waals surface area contributed by atoms with E-state index < -0.39 is 23.3 Å². The fourth-order valence-electron chi connectivity index (χ4n) is 4.52. The number of amides is 1. The average Bonchev–Trinajstić information content (AvgIpc) is 3.41. The van der Waals surface area contributed by atoms with Crippen molar-refractivity contribution >= 4 is 5.91 Å². The molecule has 5 nitrogen and oxygen atoms in total. The zero-order valence-electron chi connectivity index (χ0n) is 17.7. The van der Waals surface area contributed by atoms with Crippen LogP contribution in [0, 0.1) is 23.3 Å². The number of hydrogen-bond donors (Lipinski definition) is 0. The van der Waals surface area contributed by atoms with Gasteiger partial charge in [-0.15, -0.1) is 0 Å². The van der Waals surface area contributed by atoms with Gasteiger partial charge in [0.15, 0.2) is 28.9 Å². The van der Waals surface area contributed by atoms with E-state index >= 15 is 0 Å². The second-order valence-corrected chi connectivity index (χ2v) is 8.32. The molecule has 0 spiro atoms. The highest BCUT2D eigenvalue weighted by Crippen LogP contribution is 2.30. The van der Waals surface area contributed by atoms with Gasteiger partial charge in [0.1, 0.15) is 11.9 Å². The van der Waals surface area contributed by atoms with E-state index in [1.165, 1.54) is 16.8 Å². The van der Waals surface area contributed by atoms with Crippen molar-refractivity contribution in [2.24, 2.45) is 0 Å². The Morgan fingerprint density at radius 3 is 2.45 bits per heavy atom. The molecular formula is C24H21F4N3O2. The summed E-state index contributed by atoms with van der Waals surface area (Å²) in [6.07, 6.45) is 2.95. The zero-order chi connectivity index (χ0) is 23.1. The molecule has 33 heavy (non-hydrogen) atoms. The van der Waals surface area contributed by atoms with Crippen LogP contribution in [0.5, 0.6) is 5.75 Å². The van der Waals surface area contributed by atoms with Crippen molar-refractivity contribution in [3.05, 3.63) is 76.6 Å². The van der Waals surface area contributed by atoms with Gasteiger partial charge in [-0.05, 0) is 43.5 Å². The fourth-order valence-corrected chi connectivity index (χ4v) is 4.52. The van der Waals surface area contributed by atoms with Gasteiger partial charge < -0.3 is 9.64 Å². The van der Waals surface area contributed by atoms with Crippen molar-refractivity contribution in [2.45, 2.75) is 38.2 Å². The standard InChI is InChI=1S/C24H21F4N3O2/c25-14-4-7-22(20(28)12-14)33-16-8-10-30(11-9-16)24(32)23-17-2-1-3-21(17)31(29-23)15-5-6-18(26)19(27)13-15/h4-7,12-13,16H,1-3,8-11H2. The lowest BCUT2D eigenvalue weighted by Crippen LogP contribution is -2.42. The molecule has 3 aromatic rings. The molecule has 0 bridgehead atoms. The minimum atomic E-state index is -0.970. The zero-order valence-corrected chi connectivity index (χ0v) is 17.7. The van der Waals surface area contributed by atoms with E-state index in [-0.39, 0.29) is 17.8 Å². The summed E-state index contributed by atoms with van der Waals surface area (Å²) in [6.45, 7) is 0.804. The van der Waals surface area contributed by atoms with E-state index in [1.807, 2.05) is 0 Å². The molecule has 0 radical (unpaired) electrons. The molecule has 0 N–H and O–H groups in total. The highest BCUT2D eigenvalue weighted by Gasteiger charge is 2.32. The summed E-state index contributed by atoms with van der Waals surface area (Å²) in [7, 11) is 0. The second kappa shape index (κ2) is 8.53. The van der Waals surface area contributed by atoms with Gasteiger partial charge in [-0.25, -0.2) is 22.2 Å². The summed E-state index contributed by atoms with van der Waals surface area (Å²) in [5, 5.41) is 4.47. The predicted molar refractivity (Wildman–Crippen MR) is 111 cm³/mol. The molecule has 0 atom stereocenters. The van der Waals surface area contributed by atoms with E-state index in [0.717, 1.165) is 41.9 Å². The number of aromatic nitrogens is 2. The molecule has 5 rings (SSSR count). The Labute approximate surface area is 187 Å². The topological polar surface area (TPSA) is 47.4 Å². The van der Waals surface area contributed by atoms with Gasteiger partial charge >= 0.3 is 0 Å². The number of likely N-dealkylation sites (tertiary alicyclic amines) is 1. The molecule has 2 aromatic carbocycles. The maximum Gasteiger partial charge on any atom is 0.274 e. The van der Waals surface area contributed by atoms with Gasteiger partial charge in [-0.1, -0.05) is 0 Å². The Morgan fingerprint density at radius 1 is 0.939 bits per heavy atom. The minimum absolute atomic E-state index is 0.00994. The number of rotatable bonds is 4. The Kier molecular flexibility index (Phi) is 5.55. The molecule has 2 heterocycles. The molecule has 0 unspecified atom stereocenters. The first-order valence-corrected chi connectivity index (χ1v) is 10.9. The molecule has 1 fully saturated rings. The number of carbonyl (C=O) groups excluding carboxylic acids is 1. The first-order chi connectivity index (χ1) is 15.9. The molecule has 1 aromatic heterocycles. The summed E-state index contributed by atoms with van der Waals surface area (Å²) < 4.78 is 61.3. The molecule has 172 valence electrons. The number of fused-ring (bicyclic) bond motifs is 1. The van der Waals surface area contributed by atoms with Crippen molar-refractivity contribution in [1.29, 1.82) is 0 Å². The molecule has 0 saturated carbocycles. The Bertz CT molecular complexity index is 1220. The lowest BCUT2D eigenvalue weighted by Gasteiger charge is -2.32. The number of carbonyl (C=O) groups is 1. The Balaban J connectivity index is 1.31. The SMILES string of the molecule is O=C(c1nn(-c2ccc(F)c(F)c2)c2c1CCC2)N1CCC(Oc2ccc(F)cc2F)CC1. The van der Waals surface area contributed by atoms with Gasteiger partial charge in [0.25, 0.3) is 5.91 Å². The molecule has 2 aliphatic rings. The van der Waals surface area contributed by atoms with Crippen LogP contribution < -0.4 is 4.74 Å². The summed E-state index contributed by atoms with van der Waals surface area (Å²) >= 11 is 0. The van der Waals surface area contributed by atoms with Crippen LogP contribution in [0.15, 0.2) is 36.4 Å². The largest absolute Gasteiger partial charge is 0.487 e. The van der Waals surface area contributed by atoms with Crippen molar-refractivity contribution in [3.8, 4) is 11.4 Å². The van der Waals surface area contributed by atoms with Crippen LogP contribution in [0.4, 0.5) is 17.6 Å². The maximum atomic E-state index is 13.9. The first kappa shape index (κ1) is 21.5. The monoisotopic (exact) mass is 459 g/mol. The summed E-state index contributed by atoms with van der Waals surface area (Å²) in [5.41, 5.74) is 2.39. The number of hydrogen-bond acceptors (Lipinski definition) is 3. The number of benzene rings is 2. The summed E-state index contributed by atoms with van der Waals surface area (Å²) in [6, 6.07) is 6.74. The molecule has 9 heteroatoms. The lowest BCUT2D eigenvalue weighted by atomic mass is 10.1. The van der Waals surface area contributed by atoms with Crippen LogP contribution in [-0.4, -0.2) is 39.8 Å². The minimum Gasteiger partial charge on any atom is -0.487 e. The molecule has 1 saturated heterocycles. The highest BCUT2D eigenvalue weighted by atomic mass is 19.2. The average molecular weight is 459 g/mol. The molecule has 1 aliphatic carbocycles. The van der Waals surface area contributed by atoms with E-state index in [9.17, 15) is 22.4 Å². The number of piperidine rings is 1. The number of nitrogens with zero attached hydrogens (tertiary/aromatic N) is 3. The summed E-state index contributed by atoms with van der Waals surface area (Å²) in [4.78, 5) is 14.9. The second-order valence-electron chi connectivity index (χ2n) is 8.32. The fraction of sp³-hybridized carbons (Fsp3) is 0.333. The van der Waals surface area contributed by atoms with Gasteiger partial charge in [0, 0.05) is 49.3 Å². The van der Waals surface area contributed by atoms with Crippen molar-refractivity contribution < 1.29 is 27.1 Å². The van der Waals surface area contributed by atoms with E-state index in [1.54, 1.807) is 4.90 Å². The van der Waals surface area contributed by atoms with Gasteiger partial charge in [-0.3, -0.25) is 4.79 Å². The molecular weight excluding hydrogens is 438 g/mol. The Hall–Kier alpha value is -3.36. The third-order valence-electron chi connectivity index (χ3n) is 6.20. The van der Waals surface area contributed by atoms with Gasteiger partial charge in [-0.2, -0.15) is 5.10 Å². The number of ether oxygens (including phenoxy) is 1. The molecule has 1 aliphatic heterocycles. The smallest absolute Gasteiger partial charge is 0.274 e. The third-order valence-corrected chi connectivity index (χ3v) is 6.20. The van der Waals surface area contributed by atoms with E-state index in [2.05, 4.69) is 5.10 Å². The third kappa shape index (κ3) is 4.07. The van der Waals surface area contributed by atoms with E-state index in [4.69, 9.17) is 4.74 Å². The van der Waals surface area contributed by atoms with Crippen LogP contribution in [0.3, 0.4) is 0 Å².